The van der Waals surface area contributed by atoms with Gasteiger partial charge in [-0.15, -0.1) is 0 Å². The number of aromatic nitrogens is 2. The van der Waals surface area contributed by atoms with Gasteiger partial charge >= 0.3 is 0 Å². The van der Waals surface area contributed by atoms with Crippen LogP contribution in [0.15, 0.2) is 41.3 Å². The Bertz CT molecular complexity index is 1550. The van der Waals surface area contributed by atoms with Crippen molar-refractivity contribution < 1.29 is 14.3 Å². The number of amides is 2. The van der Waals surface area contributed by atoms with Gasteiger partial charge in [0, 0.05) is 80.0 Å². The minimum absolute atomic E-state index is 0.0283. The van der Waals surface area contributed by atoms with Crippen molar-refractivity contribution in [2.75, 3.05) is 38.2 Å². The highest BCUT2D eigenvalue weighted by atomic mass is 16.5. The zero-order valence-electron chi connectivity index (χ0n) is 26.9. The third kappa shape index (κ3) is 8.58. The van der Waals surface area contributed by atoms with E-state index < -0.39 is 0 Å². The second-order valence-electron chi connectivity index (χ2n) is 12.5. The Kier molecular flexibility index (Phi) is 10.7. The van der Waals surface area contributed by atoms with E-state index in [0.717, 1.165) is 104 Å². The fourth-order valence-corrected chi connectivity index (χ4v) is 6.40. The van der Waals surface area contributed by atoms with Crippen molar-refractivity contribution in [1.29, 1.82) is 0 Å². The topological polar surface area (TPSA) is 128 Å². The largest absolute Gasteiger partial charge is 0.385 e. The number of hydrogen-bond acceptors (Lipinski definition) is 7. The maximum Gasteiger partial charge on any atom is 0.253 e. The fraction of sp³-hybridized carbons (Fsp3) is 0.486. The van der Waals surface area contributed by atoms with Gasteiger partial charge in [0.25, 0.3) is 11.5 Å². The minimum Gasteiger partial charge on any atom is -0.385 e. The molecule has 1 saturated heterocycles. The molecule has 0 atom stereocenters. The van der Waals surface area contributed by atoms with Crippen LogP contribution in [0.5, 0.6) is 0 Å². The van der Waals surface area contributed by atoms with Crippen LogP contribution in [-0.4, -0.2) is 65.6 Å². The molecule has 0 radical (unpaired) electrons. The van der Waals surface area contributed by atoms with Crippen molar-refractivity contribution in [3.63, 3.8) is 0 Å². The van der Waals surface area contributed by atoms with Gasteiger partial charge in [0.1, 0.15) is 0 Å². The molecule has 1 aromatic carbocycles. The van der Waals surface area contributed by atoms with Crippen LogP contribution in [0.3, 0.4) is 0 Å². The monoisotopic (exact) mass is 614 g/mol. The van der Waals surface area contributed by atoms with Crippen LogP contribution < -0.4 is 21.5 Å². The molecular weight excluding hydrogens is 568 g/mol. The highest BCUT2D eigenvalue weighted by molar-refractivity contribution is 5.98. The quantitative estimate of drug-likeness (QED) is 0.269. The molecule has 0 unspecified atom stereocenters. The molecule has 0 bridgehead atoms. The molecule has 1 aliphatic heterocycles. The number of anilines is 1. The predicted molar refractivity (Wildman–Crippen MR) is 176 cm³/mol. The van der Waals surface area contributed by atoms with E-state index >= 15 is 0 Å². The molecule has 3 heterocycles. The van der Waals surface area contributed by atoms with E-state index in [2.05, 4.69) is 44.0 Å². The van der Waals surface area contributed by atoms with E-state index in [1.54, 1.807) is 6.92 Å². The average molecular weight is 615 g/mol. The summed E-state index contributed by atoms with van der Waals surface area (Å²) in [6, 6.07) is 10.3. The number of nitrogens with one attached hydrogen (secondary N) is 4. The molecule has 3 aromatic rings. The lowest BCUT2D eigenvalue weighted by Crippen LogP contribution is -2.37. The highest BCUT2D eigenvalue weighted by Gasteiger charge is 2.23. The van der Waals surface area contributed by atoms with E-state index in [1.807, 2.05) is 39.1 Å². The van der Waals surface area contributed by atoms with Crippen LogP contribution in [0.25, 0.3) is 11.1 Å². The number of nitrogens with zero attached hydrogens (tertiary/aromatic N) is 2. The SMILES string of the molecule is CC(=O)NC1CCC(CNc2cc(-c3ccc(CN4CCOCC4)nc3)cc(C(=O)NCc3c(C)cc(C)[nH]c3=O)c2C)CC1. The number of carbonyl (C=O) groups excluding carboxylic acids is 2. The second kappa shape index (κ2) is 14.8. The smallest absolute Gasteiger partial charge is 0.253 e. The van der Waals surface area contributed by atoms with Crippen LogP contribution in [0.2, 0.25) is 0 Å². The normalized spacial score (nSPS) is 18.8. The summed E-state index contributed by atoms with van der Waals surface area (Å²) in [5, 5.41) is 9.69. The summed E-state index contributed by atoms with van der Waals surface area (Å²) in [5.41, 5.74) is 7.16. The van der Waals surface area contributed by atoms with Gasteiger partial charge in [-0.3, -0.25) is 24.3 Å². The number of ether oxygens (including phenoxy) is 1. The summed E-state index contributed by atoms with van der Waals surface area (Å²) in [7, 11) is 0. The molecule has 2 fully saturated rings. The molecule has 1 aliphatic carbocycles. The van der Waals surface area contributed by atoms with Crippen LogP contribution in [0.1, 0.15) is 71.0 Å². The Morgan fingerprint density at radius 1 is 1.02 bits per heavy atom. The molecule has 1 saturated carbocycles. The first-order valence-corrected chi connectivity index (χ1v) is 16.0. The number of morpholine rings is 1. The van der Waals surface area contributed by atoms with Crippen molar-refractivity contribution in [2.24, 2.45) is 5.92 Å². The van der Waals surface area contributed by atoms with Gasteiger partial charge in [0.15, 0.2) is 0 Å². The molecule has 2 amide bonds. The van der Waals surface area contributed by atoms with Crippen molar-refractivity contribution in [3.8, 4) is 11.1 Å². The Balaban J connectivity index is 1.35. The highest BCUT2D eigenvalue weighted by Crippen LogP contribution is 2.31. The first kappa shape index (κ1) is 32.4. The fourth-order valence-electron chi connectivity index (χ4n) is 6.40. The number of pyridine rings is 2. The first-order valence-electron chi connectivity index (χ1n) is 16.0. The van der Waals surface area contributed by atoms with Crippen molar-refractivity contribution in [3.05, 3.63) is 80.5 Å². The van der Waals surface area contributed by atoms with Gasteiger partial charge in [0.2, 0.25) is 5.91 Å². The molecule has 2 aliphatic rings. The van der Waals surface area contributed by atoms with Gasteiger partial charge < -0.3 is 25.7 Å². The standard InChI is InChI=1S/C35H46N6O4/c1-22-15-23(2)39-35(44)32(22)20-38-34(43)31-16-28(27-7-10-30(36-19-27)21-41-11-13-45-14-12-41)17-33(24(31)3)37-18-26-5-8-29(9-6-26)40-25(4)42/h7,10,15-17,19,26,29,37H,5-6,8-9,11-14,18,20-21H2,1-4H3,(H,38,43)(H,39,44)(H,40,42). The van der Waals surface area contributed by atoms with Gasteiger partial charge in [-0.1, -0.05) is 6.07 Å². The van der Waals surface area contributed by atoms with E-state index in [0.29, 0.717) is 17.0 Å². The maximum absolute atomic E-state index is 13.7. The molecular formula is C35H46N6O4. The summed E-state index contributed by atoms with van der Waals surface area (Å²) >= 11 is 0. The maximum atomic E-state index is 13.7. The summed E-state index contributed by atoms with van der Waals surface area (Å²) in [6.07, 6.45) is 5.88. The molecule has 2 aromatic heterocycles. The summed E-state index contributed by atoms with van der Waals surface area (Å²) in [4.78, 5) is 47.6. The van der Waals surface area contributed by atoms with Crippen LogP contribution in [0.4, 0.5) is 5.69 Å². The Labute approximate surface area is 265 Å². The molecule has 5 rings (SSSR count). The van der Waals surface area contributed by atoms with E-state index in [9.17, 15) is 14.4 Å². The number of rotatable bonds is 10. The van der Waals surface area contributed by atoms with Gasteiger partial charge in [0.05, 0.1) is 18.9 Å². The van der Waals surface area contributed by atoms with Gasteiger partial charge in [-0.2, -0.15) is 0 Å². The van der Waals surface area contributed by atoms with Crippen LogP contribution in [-0.2, 0) is 22.6 Å². The molecule has 10 nitrogen and oxygen atoms in total. The van der Waals surface area contributed by atoms with Crippen molar-refractivity contribution in [2.45, 2.75) is 72.5 Å². The average Bonchev–Trinajstić information content (AvgIpc) is 3.01. The summed E-state index contributed by atoms with van der Waals surface area (Å²) in [6.45, 7) is 12.3. The number of hydrogen-bond donors (Lipinski definition) is 4. The van der Waals surface area contributed by atoms with E-state index in [-0.39, 0.29) is 30.0 Å². The first-order chi connectivity index (χ1) is 21.7. The molecule has 0 spiro atoms. The lowest BCUT2D eigenvalue weighted by Gasteiger charge is -2.29. The van der Waals surface area contributed by atoms with E-state index in [1.165, 1.54) is 0 Å². The predicted octanol–water partition coefficient (Wildman–Crippen LogP) is 4.23. The third-order valence-corrected chi connectivity index (χ3v) is 9.05. The molecule has 10 heteroatoms. The van der Waals surface area contributed by atoms with Gasteiger partial charge in [-0.25, -0.2) is 0 Å². The molecule has 45 heavy (non-hydrogen) atoms. The van der Waals surface area contributed by atoms with Crippen molar-refractivity contribution in [1.82, 2.24) is 25.5 Å². The molecule has 4 N–H and O–H groups in total. The van der Waals surface area contributed by atoms with Crippen LogP contribution >= 0.6 is 0 Å². The minimum atomic E-state index is -0.232. The number of carbonyl (C=O) groups is 2. The lowest BCUT2D eigenvalue weighted by molar-refractivity contribution is -0.119. The number of aryl methyl sites for hydroxylation is 2. The van der Waals surface area contributed by atoms with E-state index in [4.69, 9.17) is 9.72 Å². The third-order valence-electron chi connectivity index (χ3n) is 9.05. The Hall–Kier alpha value is -4.02. The zero-order chi connectivity index (χ0) is 31.9. The number of aromatic amines is 1. The number of H-pyrrole nitrogens is 1. The summed E-state index contributed by atoms with van der Waals surface area (Å²) < 4.78 is 5.47. The van der Waals surface area contributed by atoms with Crippen LogP contribution in [0, 0.1) is 26.7 Å². The Morgan fingerprint density at radius 2 is 1.78 bits per heavy atom. The second-order valence-corrected chi connectivity index (χ2v) is 12.5. The lowest BCUT2D eigenvalue weighted by atomic mass is 9.86. The number of benzene rings is 1. The zero-order valence-corrected chi connectivity index (χ0v) is 26.9. The Morgan fingerprint density at radius 3 is 2.44 bits per heavy atom. The molecule has 240 valence electrons. The van der Waals surface area contributed by atoms with Crippen molar-refractivity contribution >= 4 is 17.5 Å². The summed E-state index contributed by atoms with van der Waals surface area (Å²) in [5.74, 6) is 0.276. The van der Waals surface area contributed by atoms with Gasteiger partial charge in [-0.05, 0) is 93.3 Å².